The third-order valence-electron chi connectivity index (χ3n) is 7.90. The lowest BCUT2D eigenvalue weighted by atomic mass is 9.91. The van der Waals surface area contributed by atoms with Crippen molar-refractivity contribution in [1.29, 1.82) is 5.26 Å². The Morgan fingerprint density at radius 2 is 1.72 bits per heavy atom. The highest BCUT2D eigenvalue weighted by Gasteiger charge is 2.43. The van der Waals surface area contributed by atoms with Gasteiger partial charge in [0.15, 0.2) is 11.3 Å². The van der Waals surface area contributed by atoms with Crippen LogP contribution in [0.3, 0.4) is 0 Å². The molecule has 43 heavy (non-hydrogen) atoms. The zero-order chi connectivity index (χ0) is 30.1. The lowest BCUT2D eigenvalue weighted by Gasteiger charge is -2.34. The zero-order valence-corrected chi connectivity index (χ0v) is 24.9. The lowest BCUT2D eigenvalue weighted by Crippen LogP contribution is -2.40. The third kappa shape index (κ3) is 5.78. The van der Waals surface area contributed by atoms with Crippen molar-refractivity contribution >= 4 is 16.8 Å². The predicted octanol–water partition coefficient (Wildman–Crippen LogP) is 6.90. The van der Waals surface area contributed by atoms with E-state index in [9.17, 15) is 10.1 Å². The van der Waals surface area contributed by atoms with Crippen molar-refractivity contribution < 1.29 is 13.9 Å². The summed E-state index contributed by atoms with van der Waals surface area (Å²) >= 11 is 0. The van der Waals surface area contributed by atoms with Crippen LogP contribution >= 0.6 is 0 Å². The summed E-state index contributed by atoms with van der Waals surface area (Å²) in [5, 5.41) is 10.0. The minimum atomic E-state index is -0.459. The van der Waals surface area contributed by atoms with Gasteiger partial charge >= 0.3 is 0 Å². The summed E-state index contributed by atoms with van der Waals surface area (Å²) in [6.07, 6.45) is 2.22. The first-order valence-corrected chi connectivity index (χ1v) is 14.7. The average Bonchev–Trinajstić information content (AvgIpc) is 3.58. The van der Waals surface area contributed by atoms with Crippen molar-refractivity contribution in [2.45, 2.75) is 58.4 Å². The van der Waals surface area contributed by atoms with Crippen LogP contribution < -0.4 is 5.43 Å². The number of rotatable bonds is 8. The van der Waals surface area contributed by atoms with E-state index in [1.807, 2.05) is 48.5 Å². The van der Waals surface area contributed by atoms with Crippen LogP contribution in [0.2, 0.25) is 0 Å². The van der Waals surface area contributed by atoms with Gasteiger partial charge < -0.3 is 18.8 Å². The Morgan fingerprint density at radius 3 is 2.40 bits per heavy atom. The fraction of sp³-hybridized carbons (Fsp3) is 0.306. The summed E-state index contributed by atoms with van der Waals surface area (Å²) in [5.74, 6) is 1.86. The summed E-state index contributed by atoms with van der Waals surface area (Å²) in [6.45, 7) is 9.01. The first kappa shape index (κ1) is 28.3. The Bertz CT molecular complexity index is 1800. The van der Waals surface area contributed by atoms with Gasteiger partial charge in [-0.05, 0) is 49.1 Å². The zero-order valence-electron chi connectivity index (χ0n) is 24.9. The van der Waals surface area contributed by atoms with Crippen LogP contribution in [-0.4, -0.2) is 29.1 Å². The van der Waals surface area contributed by atoms with E-state index in [1.54, 1.807) is 24.5 Å². The van der Waals surface area contributed by atoms with E-state index in [4.69, 9.17) is 18.9 Å². The fourth-order valence-electron chi connectivity index (χ4n) is 5.97. The van der Waals surface area contributed by atoms with E-state index in [1.165, 1.54) is 0 Å². The van der Waals surface area contributed by atoms with Crippen LogP contribution in [0.4, 0.5) is 0 Å². The monoisotopic (exact) mass is 573 g/mol. The van der Waals surface area contributed by atoms with Gasteiger partial charge in [-0.15, -0.1) is 0 Å². The molecule has 0 aliphatic carbocycles. The molecule has 218 valence electrons. The molecule has 0 N–H and O–H groups in total. The minimum Gasteiger partial charge on any atom is -0.458 e. The molecule has 0 bridgehead atoms. The first-order valence-electron chi connectivity index (χ1n) is 14.7. The molecular formula is C36H35N3O4. The minimum absolute atomic E-state index is 0.0383. The van der Waals surface area contributed by atoms with Crippen LogP contribution in [0.1, 0.15) is 61.8 Å². The maximum Gasteiger partial charge on any atom is 0.244 e. The SMILES string of the molecule is CC(C)C(c1oc2cc(C#N)ccc2c(=O)c1Cc1ccccc1)N1CC(C)(C)N=C1C1=COC(Cc2ccccc2)O1. The van der Waals surface area contributed by atoms with Crippen molar-refractivity contribution in [2.75, 3.05) is 6.54 Å². The molecule has 3 aromatic carbocycles. The second kappa shape index (κ2) is 11.4. The van der Waals surface area contributed by atoms with Crippen LogP contribution in [-0.2, 0) is 22.3 Å². The summed E-state index contributed by atoms with van der Waals surface area (Å²) in [5.41, 5.74) is 3.08. The quantitative estimate of drug-likeness (QED) is 0.228. The standard InChI is InChI=1S/C36H35N3O4/c1-23(2)32(39-22-36(3,4)38-35(39)30-21-41-31(42-30)19-25-13-9-6-10-14-25)34-28(17-24-11-7-5-8-12-24)33(40)27-16-15-26(20-37)18-29(27)43-34/h5-16,18,21,23,31-32H,17,19,22H2,1-4H3. The molecule has 0 saturated carbocycles. The van der Waals surface area contributed by atoms with E-state index in [0.717, 1.165) is 11.1 Å². The van der Waals surface area contributed by atoms with Crippen LogP contribution in [0, 0.1) is 17.2 Å². The number of aliphatic imine (C=N–C) groups is 1. The van der Waals surface area contributed by atoms with E-state index in [2.05, 4.69) is 50.8 Å². The Morgan fingerprint density at radius 1 is 1.02 bits per heavy atom. The average molecular weight is 574 g/mol. The Hall–Kier alpha value is -4.83. The van der Waals surface area contributed by atoms with E-state index < -0.39 is 11.8 Å². The second-order valence-corrected chi connectivity index (χ2v) is 12.2. The molecule has 1 aromatic heterocycles. The first-order chi connectivity index (χ1) is 20.7. The molecule has 7 nitrogen and oxygen atoms in total. The number of hydrogen-bond donors (Lipinski definition) is 0. The van der Waals surface area contributed by atoms with Crippen LogP contribution in [0.5, 0.6) is 0 Å². The lowest BCUT2D eigenvalue weighted by molar-refractivity contribution is -0.0263. The summed E-state index contributed by atoms with van der Waals surface area (Å²) in [7, 11) is 0. The summed E-state index contributed by atoms with van der Waals surface area (Å²) in [4.78, 5) is 21.4. The van der Waals surface area contributed by atoms with E-state index in [0.29, 0.717) is 58.8 Å². The van der Waals surface area contributed by atoms with Crippen LogP contribution in [0.15, 0.2) is 105 Å². The summed E-state index contributed by atoms with van der Waals surface area (Å²) in [6, 6.07) is 26.9. The molecule has 0 saturated heterocycles. The molecule has 2 atom stereocenters. The van der Waals surface area contributed by atoms with E-state index >= 15 is 0 Å². The largest absolute Gasteiger partial charge is 0.458 e. The molecule has 4 aromatic rings. The van der Waals surface area contributed by atoms with E-state index in [-0.39, 0.29) is 17.4 Å². The molecule has 6 rings (SSSR count). The van der Waals surface area contributed by atoms with Crippen LogP contribution in [0.25, 0.3) is 11.0 Å². The summed E-state index contributed by atoms with van der Waals surface area (Å²) < 4.78 is 18.9. The highest BCUT2D eigenvalue weighted by Crippen LogP contribution is 2.39. The highest BCUT2D eigenvalue weighted by atomic mass is 16.7. The van der Waals surface area contributed by atoms with Gasteiger partial charge in [0.2, 0.25) is 12.0 Å². The number of nitrogens with zero attached hydrogens (tertiary/aromatic N) is 3. The van der Waals surface area contributed by atoms with Gasteiger partial charge in [0.1, 0.15) is 17.6 Å². The number of hydrogen-bond acceptors (Lipinski definition) is 7. The number of benzene rings is 3. The van der Waals surface area contributed by atoms with Gasteiger partial charge in [0, 0.05) is 24.9 Å². The van der Waals surface area contributed by atoms with Gasteiger partial charge in [-0.25, -0.2) is 0 Å². The number of ether oxygens (including phenoxy) is 2. The van der Waals surface area contributed by atoms with Gasteiger partial charge in [0.25, 0.3) is 0 Å². The van der Waals surface area contributed by atoms with Gasteiger partial charge in [-0.3, -0.25) is 9.79 Å². The number of nitriles is 1. The Kier molecular flexibility index (Phi) is 7.53. The molecule has 3 heterocycles. The predicted molar refractivity (Wildman–Crippen MR) is 166 cm³/mol. The second-order valence-electron chi connectivity index (χ2n) is 12.2. The smallest absolute Gasteiger partial charge is 0.244 e. The van der Waals surface area contributed by atoms with Crippen molar-refractivity contribution in [3.8, 4) is 6.07 Å². The molecule has 7 heteroatoms. The molecular weight excluding hydrogens is 538 g/mol. The highest BCUT2D eigenvalue weighted by molar-refractivity contribution is 5.98. The number of fused-ring (bicyclic) bond motifs is 1. The van der Waals surface area contributed by atoms with Crippen molar-refractivity contribution in [1.82, 2.24) is 4.90 Å². The topological polar surface area (TPSA) is 88.1 Å². The van der Waals surface area contributed by atoms with Gasteiger partial charge in [-0.2, -0.15) is 5.26 Å². The van der Waals surface area contributed by atoms with Crippen molar-refractivity contribution in [2.24, 2.45) is 10.9 Å². The number of amidine groups is 1. The fourth-order valence-corrected chi connectivity index (χ4v) is 5.97. The maximum atomic E-state index is 14.1. The molecule has 2 unspecified atom stereocenters. The van der Waals surface area contributed by atoms with Gasteiger partial charge in [-0.1, -0.05) is 74.5 Å². The molecule has 0 radical (unpaired) electrons. The molecule has 0 spiro atoms. The molecule has 0 amide bonds. The normalized spacial score (nSPS) is 18.1. The third-order valence-corrected chi connectivity index (χ3v) is 7.90. The van der Waals surface area contributed by atoms with Gasteiger partial charge in [0.05, 0.1) is 28.6 Å². The Labute approximate surface area is 251 Å². The molecule has 2 aliphatic rings. The maximum absolute atomic E-state index is 14.1. The molecule has 0 fully saturated rings. The van der Waals surface area contributed by atoms with Crippen molar-refractivity contribution in [3.63, 3.8) is 0 Å². The molecule has 2 aliphatic heterocycles. The Balaban J connectivity index is 1.43. The van der Waals surface area contributed by atoms with Crippen molar-refractivity contribution in [3.05, 3.63) is 129 Å².